The maximum absolute atomic E-state index is 12.4. The van der Waals surface area contributed by atoms with E-state index in [2.05, 4.69) is 5.32 Å². The molecule has 0 aliphatic heterocycles. The second-order valence-corrected chi connectivity index (χ2v) is 6.07. The van der Waals surface area contributed by atoms with Gasteiger partial charge < -0.3 is 19.9 Å². The number of amides is 1. The molecule has 0 fully saturated rings. The highest BCUT2D eigenvalue weighted by atomic mass is 35.5. The SMILES string of the molecule is COc1ccc(C[C@H](NC(=O)c2cccc(OC(C)=O)c2)C(=O)O)cc1Cl. The number of rotatable bonds is 7. The quantitative estimate of drug-likeness (QED) is 0.555. The molecule has 0 spiro atoms. The molecule has 1 atom stereocenters. The smallest absolute Gasteiger partial charge is 0.326 e. The summed E-state index contributed by atoms with van der Waals surface area (Å²) < 4.78 is 9.99. The molecular formula is C19H18ClNO6. The Morgan fingerprint density at radius 1 is 1.19 bits per heavy atom. The fourth-order valence-electron chi connectivity index (χ4n) is 2.38. The van der Waals surface area contributed by atoms with E-state index >= 15 is 0 Å². The third-order valence-corrected chi connectivity index (χ3v) is 3.91. The number of esters is 1. The summed E-state index contributed by atoms with van der Waals surface area (Å²) in [6, 6.07) is 9.63. The van der Waals surface area contributed by atoms with Gasteiger partial charge in [0.15, 0.2) is 0 Å². The first-order chi connectivity index (χ1) is 12.8. The molecule has 0 saturated heterocycles. The van der Waals surface area contributed by atoms with Crippen molar-refractivity contribution in [2.45, 2.75) is 19.4 Å². The lowest BCUT2D eigenvalue weighted by atomic mass is 10.0. The summed E-state index contributed by atoms with van der Waals surface area (Å²) in [6.45, 7) is 1.24. The van der Waals surface area contributed by atoms with Crippen molar-refractivity contribution in [3.8, 4) is 11.5 Å². The van der Waals surface area contributed by atoms with Gasteiger partial charge in [-0.15, -0.1) is 0 Å². The standard InChI is InChI=1S/C19H18ClNO6/c1-11(22)27-14-5-3-4-13(10-14)18(23)21-16(19(24)25)9-12-6-7-17(26-2)15(20)8-12/h3-8,10,16H,9H2,1-2H3,(H,21,23)(H,24,25)/t16-/m0/s1. The molecule has 0 heterocycles. The topological polar surface area (TPSA) is 102 Å². The minimum Gasteiger partial charge on any atom is -0.495 e. The summed E-state index contributed by atoms with van der Waals surface area (Å²) in [5.74, 6) is -1.64. The first-order valence-corrected chi connectivity index (χ1v) is 8.32. The molecular weight excluding hydrogens is 374 g/mol. The van der Waals surface area contributed by atoms with Gasteiger partial charge in [0.25, 0.3) is 5.91 Å². The number of hydrogen-bond acceptors (Lipinski definition) is 5. The van der Waals surface area contributed by atoms with Crippen LogP contribution in [0.1, 0.15) is 22.8 Å². The van der Waals surface area contributed by atoms with E-state index in [1.54, 1.807) is 18.2 Å². The number of ether oxygens (including phenoxy) is 2. The highest BCUT2D eigenvalue weighted by Crippen LogP contribution is 2.25. The van der Waals surface area contributed by atoms with E-state index < -0.39 is 23.9 Å². The Morgan fingerprint density at radius 2 is 1.93 bits per heavy atom. The fourth-order valence-corrected chi connectivity index (χ4v) is 2.66. The Balaban J connectivity index is 2.14. The molecule has 0 radical (unpaired) electrons. The Kier molecular flexibility index (Phi) is 6.79. The van der Waals surface area contributed by atoms with Crippen LogP contribution in [0, 0.1) is 0 Å². The molecule has 0 aromatic heterocycles. The van der Waals surface area contributed by atoms with Crippen molar-refractivity contribution < 1.29 is 29.0 Å². The molecule has 0 unspecified atom stereocenters. The van der Waals surface area contributed by atoms with Crippen molar-refractivity contribution in [3.05, 3.63) is 58.6 Å². The summed E-state index contributed by atoms with van der Waals surface area (Å²) in [5, 5.41) is 12.2. The first kappa shape index (κ1) is 20.3. The van der Waals surface area contributed by atoms with Crippen molar-refractivity contribution >= 4 is 29.4 Å². The Morgan fingerprint density at radius 3 is 2.52 bits per heavy atom. The lowest BCUT2D eigenvalue weighted by Crippen LogP contribution is -2.42. The maximum atomic E-state index is 12.4. The van der Waals surface area contributed by atoms with Gasteiger partial charge in [0.2, 0.25) is 0 Å². The van der Waals surface area contributed by atoms with Crippen molar-refractivity contribution in [2.24, 2.45) is 0 Å². The summed E-state index contributed by atoms with van der Waals surface area (Å²) in [6.07, 6.45) is 0.0361. The predicted octanol–water partition coefficient (Wildman–Crippen LogP) is 2.70. The molecule has 27 heavy (non-hydrogen) atoms. The minimum absolute atomic E-state index is 0.0361. The van der Waals surface area contributed by atoms with E-state index in [0.717, 1.165) is 0 Å². The number of methoxy groups -OCH3 is 1. The van der Waals surface area contributed by atoms with Crippen LogP contribution in [-0.4, -0.2) is 36.1 Å². The van der Waals surface area contributed by atoms with E-state index in [4.69, 9.17) is 21.1 Å². The van der Waals surface area contributed by atoms with Crippen LogP contribution in [0.5, 0.6) is 11.5 Å². The number of aliphatic carboxylic acids is 1. The molecule has 2 aromatic rings. The fraction of sp³-hybridized carbons (Fsp3) is 0.211. The molecule has 142 valence electrons. The van der Waals surface area contributed by atoms with Crippen LogP contribution in [0.25, 0.3) is 0 Å². The van der Waals surface area contributed by atoms with Gasteiger partial charge in [-0.05, 0) is 35.9 Å². The minimum atomic E-state index is -1.19. The van der Waals surface area contributed by atoms with E-state index in [-0.39, 0.29) is 17.7 Å². The zero-order valence-electron chi connectivity index (χ0n) is 14.7. The summed E-state index contributed by atoms with van der Waals surface area (Å²) >= 11 is 6.05. The third-order valence-electron chi connectivity index (χ3n) is 3.62. The molecule has 2 aromatic carbocycles. The van der Waals surface area contributed by atoms with Gasteiger partial charge in [-0.1, -0.05) is 23.7 Å². The number of carbonyl (C=O) groups excluding carboxylic acids is 2. The van der Waals surface area contributed by atoms with Crippen molar-refractivity contribution in [1.82, 2.24) is 5.32 Å². The second kappa shape index (κ2) is 9.05. The molecule has 2 rings (SSSR count). The van der Waals surface area contributed by atoms with Crippen LogP contribution in [-0.2, 0) is 16.0 Å². The first-order valence-electron chi connectivity index (χ1n) is 7.94. The van der Waals surface area contributed by atoms with Gasteiger partial charge in [-0.25, -0.2) is 4.79 Å². The van der Waals surface area contributed by atoms with Crippen LogP contribution in [0.15, 0.2) is 42.5 Å². The summed E-state index contributed by atoms with van der Waals surface area (Å²) in [5.41, 5.74) is 0.801. The zero-order valence-corrected chi connectivity index (χ0v) is 15.4. The molecule has 7 nitrogen and oxygen atoms in total. The average molecular weight is 392 g/mol. The molecule has 0 saturated carbocycles. The lowest BCUT2D eigenvalue weighted by molar-refractivity contribution is -0.139. The van der Waals surface area contributed by atoms with E-state index in [1.807, 2.05) is 0 Å². The highest BCUT2D eigenvalue weighted by Gasteiger charge is 2.22. The molecule has 0 aliphatic carbocycles. The van der Waals surface area contributed by atoms with Gasteiger partial charge in [-0.2, -0.15) is 0 Å². The number of carboxylic acid groups (broad SMARTS) is 1. The van der Waals surface area contributed by atoms with Crippen molar-refractivity contribution in [1.29, 1.82) is 0 Å². The number of carboxylic acids is 1. The molecule has 0 aliphatic rings. The number of benzene rings is 2. The van der Waals surface area contributed by atoms with E-state index in [9.17, 15) is 19.5 Å². The van der Waals surface area contributed by atoms with Crippen LogP contribution in [0.4, 0.5) is 0 Å². The van der Waals surface area contributed by atoms with E-state index in [1.165, 1.54) is 38.3 Å². The molecule has 8 heteroatoms. The molecule has 0 bridgehead atoms. The highest BCUT2D eigenvalue weighted by molar-refractivity contribution is 6.32. The average Bonchev–Trinajstić information content (AvgIpc) is 2.60. The summed E-state index contributed by atoms with van der Waals surface area (Å²) in [7, 11) is 1.48. The van der Waals surface area contributed by atoms with Gasteiger partial charge >= 0.3 is 11.9 Å². The van der Waals surface area contributed by atoms with Gasteiger partial charge in [0.05, 0.1) is 12.1 Å². The normalized spacial score (nSPS) is 11.4. The van der Waals surface area contributed by atoms with Crippen LogP contribution < -0.4 is 14.8 Å². The number of carbonyl (C=O) groups is 3. The van der Waals surface area contributed by atoms with Crippen molar-refractivity contribution in [3.63, 3.8) is 0 Å². The van der Waals surface area contributed by atoms with Crippen LogP contribution in [0.2, 0.25) is 5.02 Å². The number of halogens is 1. The Hall–Kier alpha value is -3.06. The Labute approximate surface area is 160 Å². The third kappa shape index (κ3) is 5.72. The molecule has 1 amide bonds. The van der Waals surface area contributed by atoms with Crippen molar-refractivity contribution in [2.75, 3.05) is 7.11 Å². The van der Waals surface area contributed by atoms with Gasteiger partial charge in [-0.3, -0.25) is 9.59 Å². The monoisotopic (exact) mass is 391 g/mol. The number of hydrogen-bond donors (Lipinski definition) is 2. The lowest BCUT2D eigenvalue weighted by Gasteiger charge is -2.15. The van der Waals surface area contributed by atoms with Gasteiger partial charge in [0, 0.05) is 18.9 Å². The van der Waals surface area contributed by atoms with Crippen LogP contribution in [0.3, 0.4) is 0 Å². The van der Waals surface area contributed by atoms with E-state index in [0.29, 0.717) is 16.3 Å². The second-order valence-electron chi connectivity index (χ2n) is 5.66. The largest absolute Gasteiger partial charge is 0.495 e. The maximum Gasteiger partial charge on any atom is 0.326 e. The van der Waals surface area contributed by atoms with Gasteiger partial charge in [0.1, 0.15) is 17.5 Å². The Bertz CT molecular complexity index is 867. The molecule has 2 N–H and O–H groups in total. The summed E-state index contributed by atoms with van der Waals surface area (Å²) in [4.78, 5) is 35.0. The van der Waals surface area contributed by atoms with Crippen LogP contribution >= 0.6 is 11.6 Å². The zero-order chi connectivity index (χ0) is 20.0. The number of nitrogens with one attached hydrogen (secondary N) is 1. The predicted molar refractivity (Wildman–Crippen MR) is 98.3 cm³/mol.